The van der Waals surface area contributed by atoms with Gasteiger partial charge in [-0.3, -0.25) is 4.79 Å². The number of rotatable bonds is 7. The number of amides is 1. The number of carboxylic acids is 1. The first kappa shape index (κ1) is 13.9. The topological polar surface area (TPSA) is 92.4 Å². The van der Waals surface area contributed by atoms with E-state index in [4.69, 9.17) is 10.8 Å². The van der Waals surface area contributed by atoms with Gasteiger partial charge in [-0.15, -0.1) is 0 Å². The quantitative estimate of drug-likeness (QED) is 0.572. The zero-order valence-electron chi connectivity index (χ0n) is 9.32. The summed E-state index contributed by atoms with van der Waals surface area (Å²) in [5, 5.41) is 11.3. The highest BCUT2D eigenvalue weighted by molar-refractivity contribution is 5.83. The van der Waals surface area contributed by atoms with Crippen LogP contribution < -0.4 is 11.1 Å². The Morgan fingerprint density at radius 1 is 1.47 bits per heavy atom. The van der Waals surface area contributed by atoms with Crippen LogP contribution in [0.3, 0.4) is 0 Å². The van der Waals surface area contributed by atoms with Crippen molar-refractivity contribution in [1.82, 2.24) is 5.32 Å². The summed E-state index contributed by atoms with van der Waals surface area (Å²) < 4.78 is 0. The maximum atomic E-state index is 11.4. The molecule has 0 saturated heterocycles. The van der Waals surface area contributed by atoms with Gasteiger partial charge >= 0.3 is 5.97 Å². The Kier molecular flexibility index (Phi) is 6.70. The van der Waals surface area contributed by atoms with E-state index in [0.29, 0.717) is 13.0 Å². The predicted molar refractivity (Wildman–Crippen MR) is 57.3 cm³/mol. The van der Waals surface area contributed by atoms with E-state index in [0.717, 1.165) is 6.42 Å². The molecule has 0 aromatic carbocycles. The van der Waals surface area contributed by atoms with Crippen LogP contribution >= 0.6 is 0 Å². The Balaban J connectivity index is 4.05. The molecule has 0 aliphatic heterocycles. The van der Waals surface area contributed by atoms with Crippen molar-refractivity contribution >= 4 is 11.9 Å². The van der Waals surface area contributed by atoms with Crippen LogP contribution in [-0.4, -0.2) is 29.6 Å². The van der Waals surface area contributed by atoms with Crippen molar-refractivity contribution in [2.75, 3.05) is 6.54 Å². The van der Waals surface area contributed by atoms with Crippen LogP contribution in [0.25, 0.3) is 0 Å². The lowest BCUT2D eigenvalue weighted by Crippen LogP contribution is -2.41. The average Bonchev–Trinajstić information content (AvgIpc) is 2.16. The van der Waals surface area contributed by atoms with Crippen LogP contribution in [0.4, 0.5) is 0 Å². The molecule has 15 heavy (non-hydrogen) atoms. The summed E-state index contributed by atoms with van der Waals surface area (Å²) in [6.07, 6.45) is 1.46. The molecule has 0 spiro atoms. The minimum absolute atomic E-state index is 0.0843. The number of carboxylic acid groups (broad SMARTS) is 1. The number of nitrogens with two attached hydrogens (primary N) is 1. The zero-order valence-corrected chi connectivity index (χ0v) is 9.32. The number of carbonyl (C=O) groups is 2. The van der Waals surface area contributed by atoms with Crippen molar-refractivity contribution in [2.45, 2.75) is 39.2 Å². The third-order valence-corrected chi connectivity index (χ3v) is 2.15. The van der Waals surface area contributed by atoms with E-state index < -0.39 is 12.0 Å². The van der Waals surface area contributed by atoms with E-state index in [1.54, 1.807) is 0 Å². The van der Waals surface area contributed by atoms with Gasteiger partial charge in [-0.1, -0.05) is 20.3 Å². The highest BCUT2D eigenvalue weighted by Crippen LogP contribution is 2.01. The normalized spacial score (nSPS) is 14.3. The molecule has 0 aliphatic carbocycles. The van der Waals surface area contributed by atoms with Gasteiger partial charge in [-0.25, -0.2) is 4.79 Å². The number of hydrogen-bond donors (Lipinski definition) is 3. The predicted octanol–water partition coefficient (Wildman–Crippen LogP) is 0.341. The highest BCUT2D eigenvalue weighted by atomic mass is 16.4. The Morgan fingerprint density at radius 3 is 2.47 bits per heavy atom. The second kappa shape index (κ2) is 7.23. The van der Waals surface area contributed by atoms with Crippen molar-refractivity contribution in [1.29, 1.82) is 0 Å². The molecule has 0 radical (unpaired) electrons. The fraction of sp³-hybridized carbons (Fsp3) is 0.800. The Bertz CT molecular complexity index is 219. The largest absolute Gasteiger partial charge is 0.480 e. The first-order valence-electron chi connectivity index (χ1n) is 5.23. The lowest BCUT2D eigenvalue weighted by atomic mass is 10.1. The second-order valence-electron chi connectivity index (χ2n) is 3.79. The Morgan fingerprint density at radius 2 is 2.07 bits per heavy atom. The highest BCUT2D eigenvalue weighted by Gasteiger charge is 2.19. The molecule has 0 bridgehead atoms. The number of nitrogens with one attached hydrogen (secondary N) is 1. The molecule has 0 saturated carbocycles. The minimum atomic E-state index is -0.981. The molecule has 5 nitrogen and oxygen atoms in total. The van der Waals surface area contributed by atoms with Crippen LogP contribution in [0, 0.1) is 5.92 Å². The van der Waals surface area contributed by atoms with Gasteiger partial charge in [0.05, 0.1) is 0 Å². The number of hydrogen-bond acceptors (Lipinski definition) is 3. The molecular formula is C10H20N2O3. The fourth-order valence-corrected chi connectivity index (χ4v) is 1.20. The van der Waals surface area contributed by atoms with Gasteiger partial charge in [0.1, 0.15) is 6.04 Å². The van der Waals surface area contributed by atoms with Crippen LogP contribution in [0.1, 0.15) is 33.1 Å². The molecule has 2 unspecified atom stereocenters. The average molecular weight is 216 g/mol. The van der Waals surface area contributed by atoms with Gasteiger partial charge in [0.2, 0.25) is 5.91 Å². The standard InChI is InChI=1S/C10H20N2O3/c1-3-4-8(10(14)15)12-9(13)5-7(2)6-11/h7-8H,3-6,11H2,1-2H3,(H,12,13)(H,14,15). The third kappa shape index (κ3) is 6.06. The van der Waals surface area contributed by atoms with Gasteiger partial charge in [0, 0.05) is 6.42 Å². The van der Waals surface area contributed by atoms with E-state index in [2.05, 4.69) is 5.32 Å². The van der Waals surface area contributed by atoms with E-state index in [-0.39, 0.29) is 18.2 Å². The fourth-order valence-electron chi connectivity index (χ4n) is 1.20. The van der Waals surface area contributed by atoms with E-state index >= 15 is 0 Å². The van der Waals surface area contributed by atoms with Crippen molar-refractivity contribution in [2.24, 2.45) is 11.7 Å². The molecule has 0 fully saturated rings. The van der Waals surface area contributed by atoms with Crippen LogP contribution in [0.5, 0.6) is 0 Å². The van der Waals surface area contributed by atoms with Crippen LogP contribution in [-0.2, 0) is 9.59 Å². The van der Waals surface area contributed by atoms with Gasteiger partial charge < -0.3 is 16.2 Å². The summed E-state index contributed by atoms with van der Waals surface area (Å²) in [5.41, 5.74) is 5.37. The van der Waals surface area contributed by atoms with Crippen molar-refractivity contribution < 1.29 is 14.7 Å². The molecule has 0 aromatic heterocycles. The second-order valence-corrected chi connectivity index (χ2v) is 3.79. The molecule has 2 atom stereocenters. The summed E-state index contributed by atoms with van der Waals surface area (Å²) >= 11 is 0. The summed E-state index contributed by atoms with van der Waals surface area (Å²) in [7, 11) is 0. The number of carbonyl (C=O) groups excluding carboxylic acids is 1. The molecule has 1 amide bonds. The number of aliphatic carboxylic acids is 1. The SMILES string of the molecule is CCCC(NC(=O)CC(C)CN)C(=O)O. The minimum Gasteiger partial charge on any atom is -0.480 e. The van der Waals surface area contributed by atoms with Crippen LogP contribution in [0.15, 0.2) is 0 Å². The Hall–Kier alpha value is -1.10. The zero-order chi connectivity index (χ0) is 11.8. The van der Waals surface area contributed by atoms with Crippen molar-refractivity contribution in [3.8, 4) is 0 Å². The van der Waals surface area contributed by atoms with E-state index in [1.807, 2.05) is 13.8 Å². The van der Waals surface area contributed by atoms with Gasteiger partial charge in [-0.2, -0.15) is 0 Å². The first-order chi connectivity index (χ1) is 7.01. The summed E-state index contributed by atoms with van der Waals surface area (Å²) in [5.74, 6) is -1.14. The third-order valence-electron chi connectivity index (χ3n) is 2.15. The molecule has 88 valence electrons. The molecule has 0 aliphatic rings. The lowest BCUT2D eigenvalue weighted by Gasteiger charge is -2.15. The molecule has 0 rings (SSSR count). The Labute approximate surface area is 90.0 Å². The summed E-state index contributed by atoms with van der Waals surface area (Å²) in [6.45, 7) is 4.17. The van der Waals surface area contributed by atoms with Crippen molar-refractivity contribution in [3.63, 3.8) is 0 Å². The van der Waals surface area contributed by atoms with Gasteiger partial charge in [-0.05, 0) is 18.9 Å². The van der Waals surface area contributed by atoms with Gasteiger partial charge in [0.15, 0.2) is 0 Å². The molecular weight excluding hydrogens is 196 g/mol. The molecule has 4 N–H and O–H groups in total. The molecule has 0 heterocycles. The smallest absolute Gasteiger partial charge is 0.326 e. The first-order valence-corrected chi connectivity index (χ1v) is 5.23. The lowest BCUT2D eigenvalue weighted by molar-refractivity contribution is -0.142. The summed E-state index contributed by atoms with van der Waals surface area (Å²) in [6, 6.07) is -0.771. The maximum Gasteiger partial charge on any atom is 0.326 e. The molecule has 5 heteroatoms. The van der Waals surface area contributed by atoms with Crippen LogP contribution in [0.2, 0.25) is 0 Å². The molecule has 0 aromatic rings. The maximum absolute atomic E-state index is 11.4. The van der Waals surface area contributed by atoms with E-state index in [9.17, 15) is 9.59 Å². The van der Waals surface area contributed by atoms with Gasteiger partial charge in [0.25, 0.3) is 0 Å². The van der Waals surface area contributed by atoms with Crippen molar-refractivity contribution in [3.05, 3.63) is 0 Å². The summed E-state index contributed by atoms with van der Waals surface area (Å²) in [4.78, 5) is 22.1. The van der Waals surface area contributed by atoms with E-state index in [1.165, 1.54) is 0 Å². The monoisotopic (exact) mass is 216 g/mol.